The van der Waals surface area contributed by atoms with Gasteiger partial charge in [-0.2, -0.15) is 4.31 Å². The van der Waals surface area contributed by atoms with Crippen molar-refractivity contribution < 1.29 is 17.9 Å². The van der Waals surface area contributed by atoms with Crippen molar-refractivity contribution in [2.75, 3.05) is 25.2 Å². The highest BCUT2D eigenvalue weighted by molar-refractivity contribution is 7.88. The summed E-state index contributed by atoms with van der Waals surface area (Å²) in [6, 6.07) is 6.82. The van der Waals surface area contributed by atoms with Crippen molar-refractivity contribution in [2.24, 2.45) is 0 Å². The number of benzene rings is 1. The van der Waals surface area contributed by atoms with E-state index in [1.54, 1.807) is 52.1 Å². The minimum atomic E-state index is -3.47. The van der Waals surface area contributed by atoms with Crippen LogP contribution in [0.1, 0.15) is 20.8 Å². The number of nitrogens with one attached hydrogen (secondary N) is 1. The van der Waals surface area contributed by atoms with Gasteiger partial charge >= 0.3 is 0 Å². The van der Waals surface area contributed by atoms with Crippen LogP contribution in [0, 0.1) is 0 Å². The molecule has 0 saturated carbocycles. The molecule has 0 unspecified atom stereocenters. The van der Waals surface area contributed by atoms with Crippen molar-refractivity contribution in [3.8, 4) is 5.75 Å². The van der Waals surface area contributed by atoms with Gasteiger partial charge in [-0.1, -0.05) is 0 Å². The molecule has 1 rings (SSSR count). The smallest absolute Gasteiger partial charge is 0.239 e. The minimum absolute atomic E-state index is 0.228. The average molecular weight is 314 g/mol. The fourth-order valence-corrected chi connectivity index (χ4v) is 3.20. The Morgan fingerprint density at radius 2 is 1.76 bits per heavy atom. The van der Waals surface area contributed by atoms with Gasteiger partial charge in [0, 0.05) is 11.2 Å². The van der Waals surface area contributed by atoms with Crippen LogP contribution in [0.15, 0.2) is 24.3 Å². The summed E-state index contributed by atoms with van der Waals surface area (Å²) in [5, 5.41) is 2.67. The molecule has 0 aliphatic rings. The molecule has 1 amide bonds. The number of ether oxygens (including phenoxy) is 1. The number of nitrogens with zero attached hydrogens (tertiary/aromatic N) is 1. The fourth-order valence-electron chi connectivity index (χ4n) is 1.86. The molecule has 0 radical (unpaired) electrons. The summed E-state index contributed by atoms with van der Waals surface area (Å²) in [5.41, 5.74) is -0.0756. The number of hydrogen-bond donors (Lipinski definition) is 1. The molecule has 0 atom stereocenters. The molecule has 1 aromatic carbocycles. The van der Waals surface area contributed by atoms with Crippen LogP contribution in [-0.2, 0) is 14.8 Å². The lowest BCUT2D eigenvalue weighted by Gasteiger charge is -2.32. The fraction of sp³-hybridized carbons (Fsp3) is 0.500. The van der Waals surface area contributed by atoms with Gasteiger partial charge < -0.3 is 10.1 Å². The first kappa shape index (κ1) is 17.5. The van der Waals surface area contributed by atoms with E-state index in [-0.39, 0.29) is 12.5 Å². The van der Waals surface area contributed by atoms with E-state index in [0.29, 0.717) is 11.4 Å². The lowest BCUT2D eigenvalue weighted by atomic mass is 10.1. The first-order chi connectivity index (χ1) is 9.54. The summed E-state index contributed by atoms with van der Waals surface area (Å²) in [6.45, 7) is 5.01. The number of sulfonamides is 1. The Hall–Kier alpha value is -1.60. The summed E-state index contributed by atoms with van der Waals surface area (Å²) in [6.07, 6.45) is 1.10. The number of carbonyl (C=O) groups is 1. The molecule has 0 aliphatic carbocycles. The second-order valence-electron chi connectivity index (χ2n) is 5.72. The van der Waals surface area contributed by atoms with Crippen LogP contribution >= 0.6 is 0 Å². The van der Waals surface area contributed by atoms with Crippen molar-refractivity contribution in [3.63, 3.8) is 0 Å². The van der Waals surface area contributed by atoms with Crippen molar-refractivity contribution in [1.82, 2.24) is 4.31 Å². The molecular formula is C14H22N2O4S. The maximum atomic E-state index is 12.0. The highest BCUT2D eigenvalue weighted by atomic mass is 32.2. The van der Waals surface area contributed by atoms with E-state index in [4.69, 9.17) is 4.74 Å². The van der Waals surface area contributed by atoms with E-state index in [1.807, 2.05) is 0 Å². The van der Waals surface area contributed by atoms with Gasteiger partial charge in [-0.15, -0.1) is 0 Å². The van der Waals surface area contributed by atoms with Crippen LogP contribution in [0.25, 0.3) is 0 Å². The largest absolute Gasteiger partial charge is 0.497 e. The predicted molar refractivity (Wildman–Crippen MR) is 82.9 cm³/mol. The summed E-state index contributed by atoms with van der Waals surface area (Å²) in [7, 11) is -1.91. The molecule has 7 heteroatoms. The van der Waals surface area contributed by atoms with Gasteiger partial charge in [0.1, 0.15) is 5.75 Å². The Morgan fingerprint density at radius 3 is 2.14 bits per heavy atom. The van der Waals surface area contributed by atoms with E-state index in [0.717, 1.165) is 6.26 Å². The standard InChI is InChI=1S/C14H22N2O4S/c1-14(2,3)16(21(5,18)19)10-13(17)15-11-6-8-12(20-4)9-7-11/h6-9H,10H2,1-5H3,(H,15,17). The molecule has 1 N–H and O–H groups in total. The summed E-state index contributed by atoms with van der Waals surface area (Å²) in [5.74, 6) is 0.293. The Kier molecular flexibility index (Phi) is 5.36. The molecular weight excluding hydrogens is 292 g/mol. The van der Waals surface area contributed by atoms with Crippen LogP contribution < -0.4 is 10.1 Å². The lowest BCUT2D eigenvalue weighted by Crippen LogP contribution is -2.48. The van der Waals surface area contributed by atoms with Crippen molar-refractivity contribution >= 4 is 21.6 Å². The maximum absolute atomic E-state index is 12.0. The van der Waals surface area contributed by atoms with Crippen LogP contribution in [0.3, 0.4) is 0 Å². The second-order valence-corrected chi connectivity index (χ2v) is 7.62. The normalized spacial score (nSPS) is 12.3. The summed E-state index contributed by atoms with van der Waals surface area (Å²) < 4.78 is 29.8. The Labute approximate surface area is 126 Å². The van der Waals surface area contributed by atoms with Gasteiger partial charge in [0.2, 0.25) is 15.9 Å². The summed E-state index contributed by atoms with van der Waals surface area (Å²) in [4.78, 5) is 12.0. The van der Waals surface area contributed by atoms with E-state index in [1.165, 1.54) is 4.31 Å². The van der Waals surface area contributed by atoms with E-state index >= 15 is 0 Å². The predicted octanol–water partition coefficient (Wildman–Crippen LogP) is 1.69. The SMILES string of the molecule is COc1ccc(NC(=O)CN(C(C)(C)C)S(C)(=O)=O)cc1. The number of anilines is 1. The van der Waals surface area contributed by atoms with Crippen LogP contribution in [0.2, 0.25) is 0 Å². The van der Waals surface area contributed by atoms with Gasteiger partial charge in [-0.3, -0.25) is 4.79 Å². The topological polar surface area (TPSA) is 75.7 Å². The molecule has 0 aromatic heterocycles. The van der Waals surface area contributed by atoms with E-state index in [9.17, 15) is 13.2 Å². The zero-order chi connectivity index (χ0) is 16.3. The van der Waals surface area contributed by atoms with Crippen LogP contribution in [0.5, 0.6) is 5.75 Å². The van der Waals surface area contributed by atoms with E-state index < -0.39 is 15.6 Å². The highest BCUT2D eigenvalue weighted by Gasteiger charge is 2.31. The molecule has 21 heavy (non-hydrogen) atoms. The number of amides is 1. The first-order valence-electron chi connectivity index (χ1n) is 6.46. The maximum Gasteiger partial charge on any atom is 0.239 e. The zero-order valence-corrected chi connectivity index (χ0v) is 13.8. The van der Waals surface area contributed by atoms with Gasteiger partial charge in [0.15, 0.2) is 0 Å². The van der Waals surface area contributed by atoms with Gasteiger partial charge in [-0.25, -0.2) is 8.42 Å². The number of rotatable bonds is 5. The van der Waals surface area contributed by atoms with Gasteiger partial charge in [0.25, 0.3) is 0 Å². The minimum Gasteiger partial charge on any atom is -0.497 e. The molecule has 0 saturated heterocycles. The van der Waals surface area contributed by atoms with Crippen molar-refractivity contribution in [1.29, 1.82) is 0 Å². The molecule has 0 fully saturated rings. The molecule has 0 aliphatic heterocycles. The highest BCUT2D eigenvalue weighted by Crippen LogP contribution is 2.18. The number of carbonyl (C=O) groups excluding carboxylic acids is 1. The second kappa shape index (κ2) is 6.44. The van der Waals surface area contributed by atoms with Gasteiger partial charge in [0.05, 0.1) is 19.9 Å². The molecule has 0 heterocycles. The van der Waals surface area contributed by atoms with Crippen molar-refractivity contribution in [3.05, 3.63) is 24.3 Å². The molecule has 118 valence electrons. The third-order valence-electron chi connectivity index (χ3n) is 2.81. The third kappa shape index (κ3) is 5.35. The molecule has 6 nitrogen and oxygen atoms in total. The average Bonchev–Trinajstić information content (AvgIpc) is 2.34. The van der Waals surface area contributed by atoms with Gasteiger partial charge in [-0.05, 0) is 45.0 Å². The van der Waals surface area contributed by atoms with Crippen molar-refractivity contribution in [2.45, 2.75) is 26.3 Å². The van der Waals surface area contributed by atoms with Crippen LogP contribution in [0.4, 0.5) is 5.69 Å². The molecule has 0 bridgehead atoms. The summed E-state index contributed by atoms with van der Waals surface area (Å²) >= 11 is 0. The Balaban J connectivity index is 2.79. The monoisotopic (exact) mass is 314 g/mol. The lowest BCUT2D eigenvalue weighted by molar-refractivity contribution is -0.117. The number of hydrogen-bond acceptors (Lipinski definition) is 4. The Morgan fingerprint density at radius 1 is 1.24 bits per heavy atom. The quantitative estimate of drug-likeness (QED) is 0.897. The Bertz CT molecular complexity index is 588. The first-order valence-corrected chi connectivity index (χ1v) is 8.30. The molecule has 0 spiro atoms. The zero-order valence-electron chi connectivity index (χ0n) is 13.0. The molecule has 1 aromatic rings. The number of methoxy groups -OCH3 is 1. The third-order valence-corrected chi connectivity index (χ3v) is 4.29. The van der Waals surface area contributed by atoms with E-state index in [2.05, 4.69) is 5.32 Å². The van der Waals surface area contributed by atoms with Crippen LogP contribution in [-0.4, -0.2) is 44.1 Å².